The van der Waals surface area contributed by atoms with Crippen molar-refractivity contribution >= 4 is 29.3 Å². The third-order valence-electron chi connectivity index (χ3n) is 2.92. The highest BCUT2D eigenvalue weighted by atomic mass is 32.2. The summed E-state index contributed by atoms with van der Waals surface area (Å²) in [6, 6.07) is 1.48. The van der Waals surface area contributed by atoms with Gasteiger partial charge in [0.25, 0.3) is 0 Å². The number of amides is 1. The van der Waals surface area contributed by atoms with Crippen LogP contribution in [-0.2, 0) is 9.53 Å². The van der Waals surface area contributed by atoms with Crippen LogP contribution in [-0.4, -0.2) is 40.4 Å². The van der Waals surface area contributed by atoms with E-state index < -0.39 is 0 Å². The Bertz CT molecular complexity index is 459. The van der Waals surface area contributed by atoms with E-state index in [4.69, 9.17) is 16.2 Å². The molecular formula is C12H19N5O2S. The van der Waals surface area contributed by atoms with Gasteiger partial charge in [-0.05, 0) is 19.8 Å². The number of ether oxygens (including phenoxy) is 1. The molecule has 1 aromatic rings. The number of hydrogen-bond acceptors (Lipinski definition) is 7. The third kappa shape index (κ3) is 4.24. The van der Waals surface area contributed by atoms with Gasteiger partial charge in [-0.3, -0.25) is 4.79 Å². The van der Waals surface area contributed by atoms with Crippen LogP contribution >= 0.6 is 11.8 Å². The predicted octanol–water partition coefficient (Wildman–Crippen LogP) is 0.417. The molecule has 2 heterocycles. The molecule has 0 spiro atoms. The van der Waals surface area contributed by atoms with Crippen molar-refractivity contribution in [3.63, 3.8) is 0 Å². The Labute approximate surface area is 121 Å². The molecule has 7 nitrogen and oxygen atoms in total. The van der Waals surface area contributed by atoms with Crippen molar-refractivity contribution < 1.29 is 9.53 Å². The first-order valence-corrected chi connectivity index (χ1v) is 7.38. The van der Waals surface area contributed by atoms with Crippen LogP contribution < -0.4 is 16.8 Å². The summed E-state index contributed by atoms with van der Waals surface area (Å²) in [7, 11) is 0. The second-order valence-electron chi connectivity index (χ2n) is 4.64. The molecule has 1 fully saturated rings. The second kappa shape index (κ2) is 6.76. The zero-order valence-corrected chi connectivity index (χ0v) is 12.2. The van der Waals surface area contributed by atoms with Crippen molar-refractivity contribution in [1.82, 2.24) is 15.3 Å². The first-order chi connectivity index (χ1) is 9.54. The van der Waals surface area contributed by atoms with E-state index in [-0.39, 0.29) is 17.3 Å². The average Bonchev–Trinajstić information content (AvgIpc) is 2.87. The molecule has 5 N–H and O–H groups in total. The fourth-order valence-electron chi connectivity index (χ4n) is 1.89. The Morgan fingerprint density at radius 1 is 1.55 bits per heavy atom. The summed E-state index contributed by atoms with van der Waals surface area (Å²) in [4.78, 5) is 20.0. The molecule has 1 saturated heterocycles. The van der Waals surface area contributed by atoms with Crippen molar-refractivity contribution in [3.05, 3.63) is 6.07 Å². The number of aromatic nitrogens is 2. The maximum absolute atomic E-state index is 12.0. The molecule has 8 heteroatoms. The average molecular weight is 297 g/mol. The van der Waals surface area contributed by atoms with Crippen LogP contribution in [0.3, 0.4) is 0 Å². The van der Waals surface area contributed by atoms with Gasteiger partial charge in [0.2, 0.25) is 5.91 Å². The monoisotopic (exact) mass is 297 g/mol. The molecule has 1 amide bonds. The highest BCUT2D eigenvalue weighted by Crippen LogP contribution is 2.21. The summed E-state index contributed by atoms with van der Waals surface area (Å²) in [5, 5.41) is 2.95. The summed E-state index contributed by atoms with van der Waals surface area (Å²) in [6.07, 6.45) is 2.19. The molecule has 0 unspecified atom stereocenters. The van der Waals surface area contributed by atoms with Crippen molar-refractivity contribution in [2.24, 2.45) is 0 Å². The first-order valence-electron chi connectivity index (χ1n) is 6.50. The Kier molecular flexibility index (Phi) is 5.02. The molecule has 0 saturated carbocycles. The van der Waals surface area contributed by atoms with E-state index in [0.29, 0.717) is 23.3 Å². The summed E-state index contributed by atoms with van der Waals surface area (Å²) in [5.74, 6) is 0.522. The lowest BCUT2D eigenvalue weighted by Gasteiger charge is -2.14. The SMILES string of the molecule is C[C@@H](Sc1nc(N)cc(N)n1)C(=O)NC[C@@H]1CCCO1. The van der Waals surface area contributed by atoms with Crippen LogP contribution in [0.2, 0.25) is 0 Å². The zero-order chi connectivity index (χ0) is 14.5. The number of hydrogen-bond donors (Lipinski definition) is 3. The zero-order valence-electron chi connectivity index (χ0n) is 11.3. The normalized spacial score (nSPS) is 19.8. The lowest BCUT2D eigenvalue weighted by molar-refractivity contribution is -0.120. The second-order valence-corrected chi connectivity index (χ2v) is 5.95. The topological polar surface area (TPSA) is 116 Å². The third-order valence-corrected chi connectivity index (χ3v) is 3.89. The number of anilines is 2. The smallest absolute Gasteiger partial charge is 0.233 e. The molecular weight excluding hydrogens is 278 g/mol. The maximum Gasteiger partial charge on any atom is 0.233 e. The Morgan fingerprint density at radius 2 is 2.25 bits per heavy atom. The standard InChI is InChI=1S/C12H19N5O2S/c1-7(11(18)15-6-8-3-2-4-19-8)20-12-16-9(13)5-10(14)17-12/h5,7-8H,2-4,6H2,1H3,(H,15,18)(H4,13,14,16,17)/t7-,8+/m1/s1. The summed E-state index contributed by atoms with van der Waals surface area (Å²) in [5.41, 5.74) is 11.2. The molecule has 1 aliphatic heterocycles. The lowest BCUT2D eigenvalue weighted by Crippen LogP contribution is -2.36. The number of nitrogens with two attached hydrogens (primary N) is 2. The van der Waals surface area contributed by atoms with E-state index in [0.717, 1.165) is 19.4 Å². The van der Waals surface area contributed by atoms with Crippen molar-refractivity contribution in [2.45, 2.75) is 36.3 Å². The van der Waals surface area contributed by atoms with Gasteiger partial charge in [0.1, 0.15) is 11.6 Å². The fraction of sp³-hybridized carbons (Fsp3) is 0.583. The molecule has 0 aromatic carbocycles. The highest BCUT2D eigenvalue weighted by Gasteiger charge is 2.20. The highest BCUT2D eigenvalue weighted by molar-refractivity contribution is 8.00. The minimum absolute atomic E-state index is 0.0740. The molecule has 0 aliphatic carbocycles. The quantitative estimate of drug-likeness (QED) is 0.532. The van der Waals surface area contributed by atoms with Gasteiger partial charge in [0.15, 0.2) is 5.16 Å². The molecule has 1 aromatic heterocycles. The van der Waals surface area contributed by atoms with E-state index in [2.05, 4.69) is 15.3 Å². The molecule has 1 aliphatic rings. The van der Waals surface area contributed by atoms with Gasteiger partial charge in [-0.2, -0.15) is 0 Å². The number of carbonyl (C=O) groups excluding carboxylic acids is 1. The summed E-state index contributed by atoms with van der Waals surface area (Å²) < 4.78 is 5.45. The number of thioether (sulfide) groups is 1. The van der Waals surface area contributed by atoms with Crippen molar-refractivity contribution in [1.29, 1.82) is 0 Å². The van der Waals surface area contributed by atoms with E-state index >= 15 is 0 Å². The first kappa shape index (κ1) is 14.9. The van der Waals surface area contributed by atoms with E-state index in [1.165, 1.54) is 17.8 Å². The van der Waals surface area contributed by atoms with Crippen LogP contribution in [0.5, 0.6) is 0 Å². The number of nitrogen functional groups attached to an aromatic ring is 2. The number of carbonyl (C=O) groups is 1. The minimum Gasteiger partial charge on any atom is -0.383 e. The van der Waals surface area contributed by atoms with Crippen LogP contribution in [0.25, 0.3) is 0 Å². The summed E-state index contributed by atoms with van der Waals surface area (Å²) in [6.45, 7) is 3.11. The molecule has 0 radical (unpaired) electrons. The van der Waals surface area contributed by atoms with Crippen molar-refractivity contribution in [2.75, 3.05) is 24.6 Å². The van der Waals surface area contributed by atoms with Gasteiger partial charge in [0, 0.05) is 19.2 Å². The minimum atomic E-state index is -0.322. The lowest BCUT2D eigenvalue weighted by atomic mass is 10.2. The van der Waals surface area contributed by atoms with E-state index in [1.807, 2.05) is 0 Å². The number of nitrogens with zero attached hydrogens (tertiary/aromatic N) is 2. The maximum atomic E-state index is 12.0. The van der Waals surface area contributed by atoms with Crippen LogP contribution in [0, 0.1) is 0 Å². The number of nitrogens with one attached hydrogen (secondary N) is 1. The van der Waals surface area contributed by atoms with Gasteiger partial charge in [-0.1, -0.05) is 11.8 Å². The number of rotatable bonds is 5. The molecule has 2 rings (SSSR count). The van der Waals surface area contributed by atoms with Crippen LogP contribution in [0.4, 0.5) is 11.6 Å². The Hall–Kier alpha value is -1.54. The molecule has 2 atom stereocenters. The molecule has 0 bridgehead atoms. The van der Waals surface area contributed by atoms with Crippen LogP contribution in [0.1, 0.15) is 19.8 Å². The molecule has 20 heavy (non-hydrogen) atoms. The summed E-state index contributed by atoms with van der Waals surface area (Å²) >= 11 is 1.23. The Morgan fingerprint density at radius 3 is 2.85 bits per heavy atom. The predicted molar refractivity (Wildman–Crippen MR) is 78.2 cm³/mol. The van der Waals surface area contributed by atoms with Crippen molar-refractivity contribution in [3.8, 4) is 0 Å². The van der Waals surface area contributed by atoms with E-state index in [1.54, 1.807) is 6.92 Å². The van der Waals surface area contributed by atoms with Gasteiger partial charge < -0.3 is 21.5 Å². The van der Waals surface area contributed by atoms with Gasteiger partial charge in [-0.25, -0.2) is 9.97 Å². The largest absolute Gasteiger partial charge is 0.383 e. The van der Waals surface area contributed by atoms with Gasteiger partial charge in [-0.15, -0.1) is 0 Å². The van der Waals surface area contributed by atoms with Gasteiger partial charge >= 0.3 is 0 Å². The van der Waals surface area contributed by atoms with E-state index in [9.17, 15) is 4.79 Å². The fourth-order valence-corrected chi connectivity index (χ4v) is 2.71. The molecule has 110 valence electrons. The Balaban J connectivity index is 1.83. The van der Waals surface area contributed by atoms with Crippen LogP contribution in [0.15, 0.2) is 11.2 Å². The van der Waals surface area contributed by atoms with Gasteiger partial charge in [0.05, 0.1) is 11.4 Å².